The van der Waals surface area contributed by atoms with E-state index in [9.17, 15) is 19.5 Å². The van der Waals surface area contributed by atoms with E-state index >= 15 is 0 Å². The van der Waals surface area contributed by atoms with Gasteiger partial charge in [0.25, 0.3) is 0 Å². The molecule has 6 nitrogen and oxygen atoms in total. The minimum Gasteiger partial charge on any atom is -0.481 e. The zero-order valence-electron chi connectivity index (χ0n) is 19.8. The van der Waals surface area contributed by atoms with Crippen molar-refractivity contribution < 1.29 is 19.5 Å². The molecule has 1 aliphatic carbocycles. The van der Waals surface area contributed by atoms with Gasteiger partial charge in [0.1, 0.15) is 6.04 Å². The summed E-state index contributed by atoms with van der Waals surface area (Å²) in [6.07, 6.45) is 10.9. The highest BCUT2D eigenvalue weighted by Crippen LogP contribution is 2.38. The van der Waals surface area contributed by atoms with Gasteiger partial charge >= 0.3 is 5.97 Å². The molecule has 0 aliphatic heterocycles. The van der Waals surface area contributed by atoms with Crippen molar-refractivity contribution in [2.75, 3.05) is 7.05 Å². The van der Waals surface area contributed by atoms with Gasteiger partial charge in [-0.15, -0.1) is 0 Å². The van der Waals surface area contributed by atoms with Gasteiger partial charge in [-0.05, 0) is 30.6 Å². The van der Waals surface area contributed by atoms with E-state index in [1.807, 2.05) is 20.8 Å². The predicted molar refractivity (Wildman–Crippen MR) is 120 cm³/mol. The molecule has 0 unspecified atom stereocenters. The number of hydrogen-bond donors (Lipinski definition) is 3. The van der Waals surface area contributed by atoms with Crippen molar-refractivity contribution >= 4 is 17.8 Å². The molecule has 174 valence electrons. The Morgan fingerprint density at radius 2 is 1.53 bits per heavy atom. The van der Waals surface area contributed by atoms with E-state index in [2.05, 4.69) is 17.6 Å². The molecule has 2 amide bonds. The SMILES string of the molecule is CCCCCCCC[C@@H](C(=O)N[C@H](C(=O)NC)C(C)(C)C)[C@@H](C(=O)O)C1CCCC1. The largest absolute Gasteiger partial charge is 0.481 e. The summed E-state index contributed by atoms with van der Waals surface area (Å²) in [7, 11) is 1.56. The van der Waals surface area contributed by atoms with Crippen LogP contribution in [0.4, 0.5) is 0 Å². The van der Waals surface area contributed by atoms with E-state index in [1.54, 1.807) is 7.05 Å². The number of aliphatic carboxylic acids is 1. The third-order valence-corrected chi connectivity index (χ3v) is 6.49. The maximum Gasteiger partial charge on any atom is 0.307 e. The Hall–Kier alpha value is -1.59. The lowest BCUT2D eigenvalue weighted by atomic mass is 9.76. The van der Waals surface area contributed by atoms with E-state index < -0.39 is 29.3 Å². The first-order valence-corrected chi connectivity index (χ1v) is 11.9. The van der Waals surface area contributed by atoms with Crippen molar-refractivity contribution in [3.05, 3.63) is 0 Å². The van der Waals surface area contributed by atoms with Gasteiger partial charge in [-0.2, -0.15) is 0 Å². The molecule has 3 atom stereocenters. The first kappa shape index (κ1) is 26.4. The topological polar surface area (TPSA) is 95.5 Å². The third kappa shape index (κ3) is 8.27. The summed E-state index contributed by atoms with van der Waals surface area (Å²) in [5.74, 6) is -2.63. The minimum atomic E-state index is -0.875. The summed E-state index contributed by atoms with van der Waals surface area (Å²) in [5, 5.41) is 15.6. The molecular formula is C24H44N2O4. The third-order valence-electron chi connectivity index (χ3n) is 6.49. The Morgan fingerprint density at radius 3 is 2.03 bits per heavy atom. The fraction of sp³-hybridized carbons (Fsp3) is 0.875. The molecule has 30 heavy (non-hydrogen) atoms. The molecule has 3 N–H and O–H groups in total. The molecule has 1 aliphatic rings. The van der Waals surface area contributed by atoms with E-state index in [0.29, 0.717) is 6.42 Å². The molecule has 0 heterocycles. The van der Waals surface area contributed by atoms with Crippen LogP contribution in [-0.4, -0.2) is 36.0 Å². The summed E-state index contributed by atoms with van der Waals surface area (Å²) in [6.45, 7) is 7.89. The van der Waals surface area contributed by atoms with Crippen molar-refractivity contribution in [3.63, 3.8) is 0 Å². The second-order valence-electron chi connectivity index (χ2n) is 9.99. The summed E-state index contributed by atoms with van der Waals surface area (Å²) in [5.41, 5.74) is -0.466. The molecule has 0 aromatic heterocycles. The normalized spacial score (nSPS) is 17.9. The second kappa shape index (κ2) is 13.0. The monoisotopic (exact) mass is 424 g/mol. The average Bonchev–Trinajstić information content (AvgIpc) is 3.19. The number of nitrogens with one attached hydrogen (secondary N) is 2. The van der Waals surface area contributed by atoms with Gasteiger partial charge in [0, 0.05) is 7.05 Å². The van der Waals surface area contributed by atoms with Crippen molar-refractivity contribution in [3.8, 4) is 0 Å². The summed E-state index contributed by atoms with van der Waals surface area (Å²) in [4.78, 5) is 38.0. The average molecular weight is 425 g/mol. The molecular weight excluding hydrogens is 380 g/mol. The summed E-state index contributed by atoms with van der Waals surface area (Å²) in [6, 6.07) is -0.694. The number of rotatable bonds is 13. The lowest BCUT2D eigenvalue weighted by molar-refractivity contribution is -0.150. The first-order chi connectivity index (χ1) is 14.1. The maximum atomic E-state index is 13.3. The highest BCUT2D eigenvalue weighted by atomic mass is 16.4. The molecule has 0 radical (unpaired) electrons. The Morgan fingerprint density at radius 1 is 0.967 bits per heavy atom. The van der Waals surface area contributed by atoms with Crippen LogP contribution in [0.15, 0.2) is 0 Å². The second-order valence-corrected chi connectivity index (χ2v) is 9.99. The lowest BCUT2D eigenvalue weighted by Gasteiger charge is -2.33. The van der Waals surface area contributed by atoms with Crippen molar-refractivity contribution in [1.29, 1.82) is 0 Å². The maximum absolute atomic E-state index is 13.3. The van der Waals surface area contributed by atoms with Crippen LogP contribution in [-0.2, 0) is 14.4 Å². The Balaban J connectivity index is 2.97. The summed E-state index contributed by atoms with van der Waals surface area (Å²) >= 11 is 0. The van der Waals surface area contributed by atoms with Gasteiger partial charge in [-0.3, -0.25) is 14.4 Å². The fourth-order valence-corrected chi connectivity index (χ4v) is 4.71. The van der Waals surface area contributed by atoms with Crippen LogP contribution >= 0.6 is 0 Å². The lowest BCUT2D eigenvalue weighted by Crippen LogP contribution is -2.55. The molecule has 1 fully saturated rings. The summed E-state index contributed by atoms with van der Waals surface area (Å²) < 4.78 is 0. The van der Waals surface area contributed by atoms with Crippen molar-refractivity contribution in [1.82, 2.24) is 10.6 Å². The van der Waals surface area contributed by atoms with E-state index in [1.165, 1.54) is 19.3 Å². The van der Waals surface area contributed by atoms with Crippen LogP contribution < -0.4 is 10.6 Å². The Labute approximate surface area is 183 Å². The number of amides is 2. The van der Waals surface area contributed by atoms with Crippen molar-refractivity contribution in [2.45, 2.75) is 104 Å². The fourth-order valence-electron chi connectivity index (χ4n) is 4.71. The van der Waals surface area contributed by atoms with Gasteiger partial charge in [0.15, 0.2) is 0 Å². The van der Waals surface area contributed by atoms with Crippen molar-refractivity contribution in [2.24, 2.45) is 23.2 Å². The van der Waals surface area contributed by atoms with Crippen LogP contribution in [0.1, 0.15) is 98.3 Å². The highest BCUT2D eigenvalue weighted by Gasteiger charge is 2.42. The minimum absolute atomic E-state index is 0.0476. The van der Waals surface area contributed by atoms with Crippen LogP contribution in [0.3, 0.4) is 0 Å². The van der Waals surface area contributed by atoms with E-state index in [4.69, 9.17) is 0 Å². The number of carboxylic acids is 1. The standard InChI is InChI=1S/C24H44N2O4/c1-6-7-8-9-10-11-16-18(19(23(29)30)17-14-12-13-15-17)21(27)26-20(22(28)25-5)24(2,3)4/h17-20H,6-16H2,1-5H3,(H,25,28)(H,26,27)(H,29,30)/t18-,19+,20-/m1/s1. The number of likely N-dealkylation sites (N-methyl/N-ethyl adjacent to an activating group) is 1. The van der Waals surface area contributed by atoms with E-state index in [-0.39, 0.29) is 17.7 Å². The molecule has 0 aromatic rings. The van der Waals surface area contributed by atoms with Gasteiger partial charge in [-0.1, -0.05) is 79.1 Å². The Bertz CT molecular complexity index is 550. The molecule has 0 bridgehead atoms. The predicted octanol–water partition coefficient (Wildman–Crippen LogP) is 4.52. The Kier molecular flexibility index (Phi) is 11.4. The quantitative estimate of drug-likeness (QED) is 0.379. The van der Waals surface area contributed by atoms with Gasteiger partial charge in [-0.25, -0.2) is 0 Å². The number of hydrogen-bond acceptors (Lipinski definition) is 3. The molecule has 1 saturated carbocycles. The van der Waals surface area contributed by atoms with E-state index in [0.717, 1.165) is 44.9 Å². The first-order valence-electron chi connectivity index (χ1n) is 11.9. The molecule has 0 spiro atoms. The van der Waals surface area contributed by atoms with Gasteiger partial charge in [0.05, 0.1) is 11.8 Å². The number of unbranched alkanes of at least 4 members (excludes halogenated alkanes) is 5. The van der Waals surface area contributed by atoms with Crippen LogP contribution in [0.25, 0.3) is 0 Å². The van der Waals surface area contributed by atoms with Crippen LogP contribution in [0.2, 0.25) is 0 Å². The molecule has 6 heteroatoms. The molecule has 0 aromatic carbocycles. The van der Waals surface area contributed by atoms with Crippen LogP contribution in [0.5, 0.6) is 0 Å². The highest BCUT2D eigenvalue weighted by molar-refractivity contribution is 5.90. The number of carboxylic acid groups (broad SMARTS) is 1. The zero-order valence-corrected chi connectivity index (χ0v) is 19.8. The molecule has 0 saturated heterocycles. The van der Waals surface area contributed by atoms with Gasteiger partial charge < -0.3 is 15.7 Å². The number of carbonyl (C=O) groups is 3. The van der Waals surface area contributed by atoms with Gasteiger partial charge in [0.2, 0.25) is 11.8 Å². The smallest absolute Gasteiger partial charge is 0.307 e. The molecule has 1 rings (SSSR count). The number of carbonyl (C=O) groups excluding carboxylic acids is 2. The van der Waals surface area contributed by atoms with Crippen LogP contribution in [0, 0.1) is 23.2 Å². The zero-order chi connectivity index (χ0) is 22.7.